The molecule has 0 spiro atoms. The van der Waals surface area contributed by atoms with Crippen LogP contribution in [-0.4, -0.2) is 64.9 Å². The van der Waals surface area contributed by atoms with Gasteiger partial charge in [-0.25, -0.2) is 0 Å². The van der Waals surface area contributed by atoms with Crippen molar-refractivity contribution in [3.05, 3.63) is 141 Å². The summed E-state index contributed by atoms with van der Waals surface area (Å²) in [4.78, 5) is 78.2. The molecule has 0 aliphatic carbocycles. The molecule has 2 unspecified atom stereocenters. The van der Waals surface area contributed by atoms with Crippen LogP contribution in [0.3, 0.4) is 0 Å². The van der Waals surface area contributed by atoms with Crippen LogP contribution < -0.4 is 21.3 Å². The van der Waals surface area contributed by atoms with Gasteiger partial charge in [-0.15, -0.1) is 34.8 Å². The van der Waals surface area contributed by atoms with Crippen molar-refractivity contribution in [2.45, 2.75) is 45.2 Å². The van der Waals surface area contributed by atoms with Crippen LogP contribution in [-0.2, 0) is 38.4 Å². The molecule has 0 bridgehead atoms. The molecule has 19 heteroatoms. The number of ketones is 2. The van der Waals surface area contributed by atoms with E-state index in [0.29, 0.717) is 41.5 Å². The van der Waals surface area contributed by atoms with Crippen LogP contribution in [0.5, 0.6) is 0 Å². The maximum absolute atomic E-state index is 13.5. The Balaban J connectivity index is 1.25. The number of benzene rings is 5. The van der Waals surface area contributed by atoms with Gasteiger partial charge < -0.3 is 21.3 Å². The number of nitrogens with zero attached hydrogens (tertiary/aromatic N) is 4. The highest BCUT2D eigenvalue weighted by Crippen LogP contribution is 2.27. The highest BCUT2D eigenvalue weighted by Gasteiger charge is 2.26. The van der Waals surface area contributed by atoms with Crippen LogP contribution in [0, 0.1) is 0 Å². The van der Waals surface area contributed by atoms with E-state index in [-0.39, 0.29) is 56.2 Å². The molecule has 2 atom stereocenters. The van der Waals surface area contributed by atoms with Crippen LogP contribution in [0.15, 0.2) is 124 Å². The van der Waals surface area contributed by atoms with Gasteiger partial charge in [0.1, 0.15) is 0 Å². The number of aryl methyl sites for hydroxylation is 3. The highest BCUT2D eigenvalue weighted by molar-refractivity contribution is 6.31. The fourth-order valence-electron chi connectivity index (χ4n) is 6.06. The van der Waals surface area contributed by atoms with E-state index in [4.69, 9.17) is 58.0 Å². The summed E-state index contributed by atoms with van der Waals surface area (Å²) in [5.41, 5.74) is 4.66. The van der Waals surface area contributed by atoms with Gasteiger partial charge >= 0.3 is 0 Å². The maximum Gasteiger partial charge on any atom is 0.258 e. The van der Waals surface area contributed by atoms with E-state index < -0.39 is 47.3 Å². The molecule has 0 saturated heterocycles. The van der Waals surface area contributed by atoms with Crippen LogP contribution >= 0.6 is 58.0 Å². The van der Waals surface area contributed by atoms with E-state index in [9.17, 15) is 28.8 Å². The molecule has 4 amide bonds. The van der Waals surface area contributed by atoms with Crippen LogP contribution in [0.1, 0.15) is 51.3 Å². The van der Waals surface area contributed by atoms with Crippen molar-refractivity contribution in [3.63, 3.8) is 0 Å². The lowest BCUT2D eigenvalue weighted by atomic mass is 10.1. The fourth-order valence-corrected chi connectivity index (χ4v) is 7.16. The van der Waals surface area contributed by atoms with Gasteiger partial charge in [-0.1, -0.05) is 47.5 Å². The molecule has 5 rings (SSSR count). The molecule has 0 heterocycles. The summed E-state index contributed by atoms with van der Waals surface area (Å²) in [7, 11) is 0. The van der Waals surface area contributed by atoms with Gasteiger partial charge in [0.25, 0.3) is 23.6 Å². The van der Waals surface area contributed by atoms with Gasteiger partial charge in [0, 0.05) is 61.6 Å². The molecular formula is C46H41Cl5N8O6. The lowest BCUT2D eigenvalue weighted by Crippen LogP contribution is -2.32. The van der Waals surface area contributed by atoms with E-state index >= 15 is 0 Å². The second-order valence-electron chi connectivity index (χ2n) is 14.3. The van der Waals surface area contributed by atoms with Crippen LogP contribution in [0.4, 0.5) is 34.1 Å². The van der Waals surface area contributed by atoms with Crippen molar-refractivity contribution in [3.8, 4) is 0 Å². The second kappa shape index (κ2) is 24.3. The average Bonchev–Trinajstić information content (AvgIpc) is 3.25. The first-order chi connectivity index (χ1) is 31.1. The first-order valence-corrected chi connectivity index (χ1v) is 22.2. The minimum absolute atomic E-state index is 0.116. The topological polar surface area (TPSA) is 200 Å². The first kappa shape index (κ1) is 50.0. The summed E-state index contributed by atoms with van der Waals surface area (Å²) >= 11 is 30.3. The Morgan fingerprint density at radius 2 is 0.908 bits per heavy atom. The quantitative estimate of drug-likeness (QED) is 0.0340. The summed E-state index contributed by atoms with van der Waals surface area (Å²) in [6.45, 7) is 2.35. The van der Waals surface area contributed by atoms with Gasteiger partial charge in [0.2, 0.25) is 12.1 Å². The number of hydrogen-bond donors (Lipinski definition) is 4. The third-order valence-electron chi connectivity index (χ3n) is 9.32. The predicted octanol–water partition coefficient (Wildman–Crippen LogP) is 11.2. The Bertz CT molecular complexity index is 2630. The molecule has 65 heavy (non-hydrogen) atoms. The first-order valence-electron chi connectivity index (χ1n) is 19.8. The lowest BCUT2D eigenvalue weighted by Gasteiger charge is -2.15. The van der Waals surface area contributed by atoms with E-state index in [2.05, 4.69) is 41.7 Å². The monoisotopic (exact) mass is 976 g/mol. The molecule has 0 saturated carbocycles. The van der Waals surface area contributed by atoms with E-state index in [0.717, 1.165) is 11.1 Å². The molecule has 0 aliphatic rings. The fraction of sp³-hybridized carbons (Fsp3) is 0.217. The van der Waals surface area contributed by atoms with Crippen LogP contribution in [0.25, 0.3) is 0 Å². The van der Waals surface area contributed by atoms with Crippen molar-refractivity contribution in [1.82, 2.24) is 0 Å². The van der Waals surface area contributed by atoms with Gasteiger partial charge in [0.05, 0.1) is 11.4 Å². The van der Waals surface area contributed by atoms with E-state index in [1.54, 1.807) is 24.3 Å². The molecule has 14 nitrogen and oxygen atoms in total. The molecule has 0 radical (unpaired) electrons. The van der Waals surface area contributed by atoms with Crippen molar-refractivity contribution >= 4 is 127 Å². The maximum atomic E-state index is 13.5. The Morgan fingerprint density at radius 3 is 1.32 bits per heavy atom. The number of amides is 4. The standard InChI is InChI=1S/C46H41Cl5N8O6/c1-26(60)41(58-56-38-22-31(19-33(50)24-38)43(62)52-35-7-3-28(4-8-35)13-16-47)45(64)54-37-11-12-40(30(21-37)15-18-49)55-46(65)42(27(2)61)59-57-39-23-32(20-34(51)25-39)44(63)53-36-9-5-29(6-10-36)14-17-48/h3-12,19-25,41-42H,13-18H2,1-2H3,(H,52,62)(H,53,63)(H,54,64)(H,55,65). The molecule has 4 N–H and O–H groups in total. The SMILES string of the molecule is CC(=O)C(N=Nc1cc(Cl)cc(C(=O)Nc2ccc(CCCl)cc2)c1)C(=O)Nc1ccc(NC(=O)C(N=Nc2cc(Cl)cc(C(=O)Nc3ccc(CCCl)cc3)c2)C(C)=O)c(CCCl)c1. The molecule has 0 aliphatic heterocycles. The summed E-state index contributed by atoms with van der Waals surface area (Å²) in [5.74, 6) is -2.78. The van der Waals surface area contributed by atoms with Crippen molar-refractivity contribution in [2.75, 3.05) is 38.9 Å². The highest BCUT2D eigenvalue weighted by atomic mass is 35.5. The number of hydrogen-bond acceptors (Lipinski definition) is 10. The Morgan fingerprint density at radius 1 is 0.492 bits per heavy atom. The van der Waals surface area contributed by atoms with Gasteiger partial charge in [-0.05, 0) is 129 Å². The minimum Gasteiger partial charge on any atom is -0.324 e. The molecule has 5 aromatic carbocycles. The van der Waals surface area contributed by atoms with Crippen LogP contribution in [0.2, 0.25) is 10.0 Å². The minimum atomic E-state index is -1.59. The molecule has 336 valence electrons. The number of azo groups is 2. The summed E-state index contributed by atoms with van der Waals surface area (Å²) < 4.78 is 0. The number of carbonyl (C=O) groups excluding carboxylic acids is 6. The van der Waals surface area contributed by atoms with E-state index in [1.807, 2.05) is 24.3 Å². The zero-order valence-corrected chi connectivity index (χ0v) is 38.6. The van der Waals surface area contributed by atoms with E-state index in [1.165, 1.54) is 68.4 Å². The number of nitrogens with one attached hydrogen (secondary N) is 4. The lowest BCUT2D eigenvalue weighted by molar-refractivity contribution is -0.127. The number of anilines is 4. The molecule has 5 aromatic rings. The predicted molar refractivity (Wildman–Crippen MR) is 257 cm³/mol. The largest absolute Gasteiger partial charge is 0.324 e. The third-order valence-corrected chi connectivity index (χ3v) is 10.3. The Hall–Kier alpha value is -6.03. The zero-order valence-electron chi connectivity index (χ0n) is 34.8. The average molecular weight is 979 g/mol. The number of carbonyl (C=O) groups is 6. The number of rotatable bonds is 20. The Labute approximate surface area is 399 Å². The smallest absolute Gasteiger partial charge is 0.258 e. The van der Waals surface area contributed by atoms with Crippen molar-refractivity contribution in [2.24, 2.45) is 20.5 Å². The third kappa shape index (κ3) is 15.0. The van der Waals surface area contributed by atoms with Crippen molar-refractivity contribution < 1.29 is 28.8 Å². The summed E-state index contributed by atoms with van der Waals surface area (Å²) in [6.07, 6.45) is 1.59. The zero-order chi connectivity index (χ0) is 47.0. The molecule has 0 fully saturated rings. The second-order valence-corrected chi connectivity index (χ2v) is 16.3. The summed E-state index contributed by atoms with van der Waals surface area (Å²) in [5, 5.41) is 27.3. The normalized spacial score (nSPS) is 12.1. The van der Waals surface area contributed by atoms with Crippen molar-refractivity contribution in [1.29, 1.82) is 0 Å². The van der Waals surface area contributed by atoms with Gasteiger partial charge in [0.15, 0.2) is 11.6 Å². The molecule has 0 aromatic heterocycles. The van der Waals surface area contributed by atoms with Gasteiger partial charge in [-0.3, -0.25) is 28.8 Å². The number of alkyl halides is 3. The summed E-state index contributed by atoms with van der Waals surface area (Å²) in [6, 6.07) is 24.2. The number of halogens is 5. The van der Waals surface area contributed by atoms with Gasteiger partial charge in [-0.2, -0.15) is 20.5 Å². The Kier molecular flexibility index (Phi) is 18.7. The number of Topliss-reactive ketones (excluding diaryl/α,β-unsaturated/α-hetero) is 2. The molecular weight excluding hydrogens is 938 g/mol.